The lowest BCUT2D eigenvalue weighted by Crippen LogP contribution is -2.24. The molecule has 1 aliphatic carbocycles. The van der Waals surface area contributed by atoms with Crippen molar-refractivity contribution >= 4 is 11.4 Å². The second-order valence-electron chi connectivity index (χ2n) is 7.76. The minimum atomic E-state index is -0.0570. The fourth-order valence-corrected chi connectivity index (χ4v) is 4.20. The number of nitrogens with two attached hydrogens (primary N) is 3. The molecular weight excluding hydrogens is 282 g/mol. The molecule has 0 spiro atoms. The molecule has 2 aromatic carbocycles. The Balaban J connectivity index is 2.21. The molecule has 3 nitrogen and oxygen atoms in total. The number of hydrogen-bond donors (Lipinski definition) is 3. The van der Waals surface area contributed by atoms with E-state index in [1.165, 1.54) is 16.7 Å². The van der Waals surface area contributed by atoms with Crippen LogP contribution in [0.5, 0.6) is 0 Å². The van der Waals surface area contributed by atoms with Gasteiger partial charge in [0.2, 0.25) is 0 Å². The molecule has 1 aliphatic rings. The summed E-state index contributed by atoms with van der Waals surface area (Å²) in [6, 6.07) is 10.7. The summed E-state index contributed by atoms with van der Waals surface area (Å²) >= 11 is 0. The molecule has 0 unspecified atom stereocenters. The van der Waals surface area contributed by atoms with E-state index < -0.39 is 0 Å². The highest BCUT2D eigenvalue weighted by Gasteiger charge is 2.46. The highest BCUT2D eigenvalue weighted by Crippen LogP contribution is 2.53. The largest absolute Gasteiger partial charge is 0.399 e. The molecular formula is C20H27N3. The Bertz CT molecular complexity index is 777. The summed E-state index contributed by atoms with van der Waals surface area (Å²) in [6.45, 7) is 9.45. The first-order valence-corrected chi connectivity index (χ1v) is 8.19. The van der Waals surface area contributed by atoms with Gasteiger partial charge >= 0.3 is 0 Å². The van der Waals surface area contributed by atoms with Crippen LogP contribution in [-0.4, -0.2) is 0 Å². The number of aryl methyl sites for hydroxylation is 1. The van der Waals surface area contributed by atoms with Crippen LogP contribution in [0, 0.1) is 6.92 Å². The fourth-order valence-electron chi connectivity index (χ4n) is 4.20. The molecule has 0 saturated heterocycles. The van der Waals surface area contributed by atoms with Crippen LogP contribution in [0.4, 0.5) is 11.4 Å². The first kappa shape index (κ1) is 15.9. The van der Waals surface area contributed by atoms with Gasteiger partial charge in [0.15, 0.2) is 0 Å². The number of benzene rings is 2. The van der Waals surface area contributed by atoms with Crippen molar-refractivity contribution in [3.8, 4) is 0 Å². The van der Waals surface area contributed by atoms with Crippen molar-refractivity contribution in [2.75, 3.05) is 11.5 Å². The predicted octanol–water partition coefficient (Wildman–Crippen LogP) is 3.61. The SMILES string of the molecule is Cc1cc2c(cc1N)C(C)(C)C[C@@]2(C)c1ccc(CN)c(N)c1. The molecule has 6 N–H and O–H groups in total. The van der Waals surface area contributed by atoms with Crippen LogP contribution < -0.4 is 17.2 Å². The lowest BCUT2D eigenvalue weighted by molar-refractivity contribution is 0.425. The average Bonchev–Trinajstić information content (AvgIpc) is 2.67. The van der Waals surface area contributed by atoms with E-state index in [9.17, 15) is 0 Å². The van der Waals surface area contributed by atoms with E-state index in [1.807, 2.05) is 0 Å². The third kappa shape index (κ3) is 2.31. The van der Waals surface area contributed by atoms with E-state index in [1.54, 1.807) is 0 Å². The van der Waals surface area contributed by atoms with Crippen LogP contribution in [0.2, 0.25) is 0 Å². The summed E-state index contributed by atoms with van der Waals surface area (Å²) in [5.41, 5.74) is 25.9. The zero-order chi connectivity index (χ0) is 17.0. The van der Waals surface area contributed by atoms with Gasteiger partial charge in [0.1, 0.15) is 0 Å². The first-order chi connectivity index (χ1) is 10.7. The van der Waals surface area contributed by atoms with Gasteiger partial charge in [-0.15, -0.1) is 0 Å². The molecule has 0 aromatic heterocycles. The van der Waals surface area contributed by atoms with Gasteiger partial charge in [-0.1, -0.05) is 39.0 Å². The van der Waals surface area contributed by atoms with Gasteiger partial charge in [0.25, 0.3) is 0 Å². The van der Waals surface area contributed by atoms with Crippen molar-refractivity contribution in [2.45, 2.75) is 51.5 Å². The maximum absolute atomic E-state index is 6.20. The van der Waals surface area contributed by atoms with E-state index in [0.717, 1.165) is 28.9 Å². The number of nitrogen functional groups attached to an aromatic ring is 2. The molecule has 1 atom stereocenters. The normalized spacial score (nSPS) is 22.1. The maximum Gasteiger partial charge on any atom is 0.0362 e. The highest BCUT2D eigenvalue weighted by molar-refractivity contribution is 5.62. The molecule has 0 aliphatic heterocycles. The average molecular weight is 309 g/mol. The molecule has 0 fully saturated rings. The Morgan fingerprint density at radius 1 is 0.957 bits per heavy atom. The van der Waals surface area contributed by atoms with Crippen molar-refractivity contribution in [3.05, 3.63) is 58.1 Å². The minimum absolute atomic E-state index is 0.0570. The fraction of sp³-hybridized carbons (Fsp3) is 0.400. The summed E-state index contributed by atoms with van der Waals surface area (Å²) in [7, 11) is 0. The topological polar surface area (TPSA) is 78.1 Å². The minimum Gasteiger partial charge on any atom is -0.399 e. The van der Waals surface area contributed by atoms with E-state index in [4.69, 9.17) is 17.2 Å². The number of anilines is 2. The van der Waals surface area contributed by atoms with E-state index in [0.29, 0.717) is 6.54 Å². The smallest absolute Gasteiger partial charge is 0.0362 e. The zero-order valence-corrected chi connectivity index (χ0v) is 14.5. The Morgan fingerprint density at radius 2 is 1.65 bits per heavy atom. The Hall–Kier alpha value is -2.00. The Labute approximate surface area is 138 Å². The molecule has 0 bridgehead atoms. The summed E-state index contributed by atoms with van der Waals surface area (Å²) in [5.74, 6) is 0. The summed E-state index contributed by atoms with van der Waals surface area (Å²) in [5, 5.41) is 0. The van der Waals surface area contributed by atoms with Gasteiger partial charge in [-0.25, -0.2) is 0 Å². The molecule has 0 heterocycles. The van der Waals surface area contributed by atoms with Gasteiger partial charge in [-0.05, 0) is 58.7 Å². The van der Waals surface area contributed by atoms with Crippen LogP contribution in [0.15, 0.2) is 30.3 Å². The van der Waals surface area contributed by atoms with Crippen LogP contribution >= 0.6 is 0 Å². The lowest BCUT2D eigenvalue weighted by Gasteiger charge is -2.29. The summed E-state index contributed by atoms with van der Waals surface area (Å²) in [4.78, 5) is 0. The van der Waals surface area contributed by atoms with Crippen LogP contribution in [0.3, 0.4) is 0 Å². The molecule has 0 radical (unpaired) electrons. The molecule has 3 rings (SSSR count). The van der Waals surface area contributed by atoms with E-state index in [-0.39, 0.29) is 10.8 Å². The van der Waals surface area contributed by atoms with Crippen molar-refractivity contribution in [2.24, 2.45) is 5.73 Å². The molecule has 23 heavy (non-hydrogen) atoms. The number of fused-ring (bicyclic) bond motifs is 1. The third-order valence-electron chi connectivity index (χ3n) is 5.53. The van der Waals surface area contributed by atoms with Gasteiger partial charge in [-0.2, -0.15) is 0 Å². The molecule has 2 aromatic rings. The third-order valence-corrected chi connectivity index (χ3v) is 5.53. The number of hydrogen-bond acceptors (Lipinski definition) is 3. The van der Waals surface area contributed by atoms with Gasteiger partial charge < -0.3 is 17.2 Å². The van der Waals surface area contributed by atoms with Crippen LogP contribution in [0.1, 0.15) is 55.0 Å². The van der Waals surface area contributed by atoms with Crippen molar-refractivity contribution in [1.29, 1.82) is 0 Å². The van der Waals surface area contributed by atoms with Gasteiger partial charge in [0.05, 0.1) is 0 Å². The zero-order valence-electron chi connectivity index (χ0n) is 14.5. The van der Waals surface area contributed by atoms with Crippen molar-refractivity contribution in [1.82, 2.24) is 0 Å². The molecule has 122 valence electrons. The quantitative estimate of drug-likeness (QED) is 0.742. The number of rotatable bonds is 2. The highest BCUT2D eigenvalue weighted by atomic mass is 14.6. The van der Waals surface area contributed by atoms with Crippen molar-refractivity contribution in [3.63, 3.8) is 0 Å². The maximum atomic E-state index is 6.20. The Morgan fingerprint density at radius 3 is 2.26 bits per heavy atom. The van der Waals surface area contributed by atoms with Crippen LogP contribution in [0.25, 0.3) is 0 Å². The summed E-state index contributed by atoms with van der Waals surface area (Å²) < 4.78 is 0. The molecule has 3 heteroatoms. The molecule has 0 saturated carbocycles. The first-order valence-electron chi connectivity index (χ1n) is 8.19. The molecule has 0 amide bonds. The second kappa shape index (κ2) is 5.00. The van der Waals surface area contributed by atoms with E-state index >= 15 is 0 Å². The standard InChI is InChI=1S/C20H27N3/c1-12-7-16-15(9-17(12)22)19(2,3)11-20(16,4)14-6-5-13(10-21)18(23)8-14/h5-9H,10-11,21-23H2,1-4H3/t20-/m0/s1. The van der Waals surface area contributed by atoms with Gasteiger partial charge in [-0.3, -0.25) is 0 Å². The van der Waals surface area contributed by atoms with Gasteiger partial charge in [0, 0.05) is 23.3 Å². The van der Waals surface area contributed by atoms with Crippen LogP contribution in [-0.2, 0) is 17.4 Å². The predicted molar refractivity (Wildman–Crippen MR) is 98.4 cm³/mol. The summed E-state index contributed by atoms with van der Waals surface area (Å²) in [6.07, 6.45) is 1.04. The Kier molecular flexibility index (Phi) is 3.45. The van der Waals surface area contributed by atoms with E-state index in [2.05, 4.69) is 58.0 Å². The lowest BCUT2D eigenvalue weighted by atomic mass is 9.74. The second-order valence-corrected chi connectivity index (χ2v) is 7.76. The monoisotopic (exact) mass is 309 g/mol. The van der Waals surface area contributed by atoms with Crippen molar-refractivity contribution < 1.29 is 0 Å².